The van der Waals surface area contributed by atoms with Crippen molar-refractivity contribution in [3.8, 4) is 0 Å². The molecule has 0 aliphatic rings. The predicted octanol–water partition coefficient (Wildman–Crippen LogP) is 2.26. The molecule has 0 heterocycles. The predicted molar refractivity (Wildman–Crippen MR) is 53.0 cm³/mol. The molecule has 0 spiro atoms. The van der Waals surface area contributed by atoms with E-state index in [0.717, 1.165) is 12.1 Å². The van der Waals surface area contributed by atoms with Crippen molar-refractivity contribution in [1.82, 2.24) is 0 Å². The zero-order valence-corrected chi connectivity index (χ0v) is 8.79. The summed E-state index contributed by atoms with van der Waals surface area (Å²) in [5.74, 6) is 0. The van der Waals surface area contributed by atoms with Crippen LogP contribution in [0.15, 0.2) is 24.3 Å². The van der Waals surface area contributed by atoms with Crippen molar-refractivity contribution in [3.05, 3.63) is 35.4 Å². The lowest BCUT2D eigenvalue weighted by Crippen LogP contribution is -2.17. The Kier molecular flexibility index (Phi) is 4.32. The number of rotatable bonds is 4. The number of ether oxygens (including phenoxy) is 1. The maximum atomic E-state index is 12.2. The summed E-state index contributed by atoms with van der Waals surface area (Å²) in [6, 6.07) is 4.74. The molecule has 0 amide bonds. The topological polar surface area (TPSA) is 29.5 Å². The number of benzene rings is 1. The average Bonchev–Trinajstić information content (AvgIpc) is 2.17. The van der Waals surface area contributed by atoms with E-state index in [2.05, 4.69) is 0 Å². The van der Waals surface area contributed by atoms with Crippen LogP contribution in [0.5, 0.6) is 0 Å². The highest BCUT2D eigenvalue weighted by molar-refractivity contribution is 5.25. The van der Waals surface area contributed by atoms with Crippen molar-refractivity contribution in [3.63, 3.8) is 0 Å². The fraction of sp³-hybridized carbons (Fsp3) is 0.455. The van der Waals surface area contributed by atoms with Gasteiger partial charge in [-0.15, -0.1) is 0 Å². The van der Waals surface area contributed by atoms with Gasteiger partial charge in [0.2, 0.25) is 0 Å². The third kappa shape index (κ3) is 3.83. The molecule has 0 saturated heterocycles. The third-order valence-electron chi connectivity index (χ3n) is 2.11. The number of hydrogen-bond donors (Lipinski definition) is 1. The van der Waals surface area contributed by atoms with Crippen LogP contribution in [0.4, 0.5) is 13.2 Å². The van der Waals surface area contributed by atoms with Crippen LogP contribution in [0.3, 0.4) is 0 Å². The minimum atomic E-state index is -4.32. The molecule has 90 valence electrons. The van der Waals surface area contributed by atoms with Gasteiger partial charge in [0.1, 0.15) is 0 Å². The number of alkyl halides is 3. The number of aliphatic hydroxyl groups is 1. The van der Waals surface area contributed by atoms with E-state index in [1.807, 2.05) is 0 Å². The van der Waals surface area contributed by atoms with Crippen molar-refractivity contribution in [1.29, 1.82) is 0 Å². The molecule has 0 aromatic heterocycles. The van der Waals surface area contributed by atoms with Crippen molar-refractivity contribution in [2.45, 2.75) is 18.7 Å². The van der Waals surface area contributed by atoms with E-state index in [4.69, 9.17) is 4.74 Å². The second-order valence-corrected chi connectivity index (χ2v) is 3.51. The second-order valence-electron chi connectivity index (χ2n) is 3.51. The van der Waals surface area contributed by atoms with E-state index in [9.17, 15) is 18.3 Å². The quantitative estimate of drug-likeness (QED) is 0.865. The Bertz CT molecular complexity index is 319. The summed E-state index contributed by atoms with van der Waals surface area (Å²) in [6.45, 7) is 0.168. The first-order valence-electron chi connectivity index (χ1n) is 4.76. The summed E-state index contributed by atoms with van der Waals surface area (Å²) in [5, 5.41) is 9.38. The molecule has 1 rings (SSSR count). The number of aliphatic hydroxyl groups excluding tert-OH is 1. The van der Waals surface area contributed by atoms with Gasteiger partial charge in [-0.2, -0.15) is 13.2 Å². The Labute approximate surface area is 91.7 Å². The minimum absolute atomic E-state index is 0.168. The summed E-state index contributed by atoms with van der Waals surface area (Å²) < 4.78 is 41.4. The molecule has 1 aromatic carbocycles. The highest BCUT2D eigenvalue weighted by Crippen LogP contribution is 2.29. The normalized spacial score (nSPS) is 13.8. The SMILES string of the molecule is COCC(O)Cc1ccc(C(F)(F)F)cc1. The lowest BCUT2D eigenvalue weighted by Gasteiger charge is -2.10. The summed E-state index contributed by atoms with van der Waals surface area (Å²) in [6.07, 6.45) is -4.72. The Morgan fingerprint density at radius 2 is 1.81 bits per heavy atom. The molecule has 1 aromatic rings. The van der Waals surface area contributed by atoms with E-state index in [1.165, 1.54) is 19.2 Å². The van der Waals surface area contributed by atoms with Crippen molar-refractivity contribution in [2.24, 2.45) is 0 Å². The minimum Gasteiger partial charge on any atom is -0.390 e. The molecule has 0 aliphatic carbocycles. The van der Waals surface area contributed by atoms with Gasteiger partial charge < -0.3 is 9.84 Å². The van der Waals surface area contributed by atoms with Crippen molar-refractivity contribution < 1.29 is 23.0 Å². The molecular weight excluding hydrogens is 221 g/mol. The smallest absolute Gasteiger partial charge is 0.390 e. The van der Waals surface area contributed by atoms with Gasteiger partial charge in [0.15, 0.2) is 0 Å². The van der Waals surface area contributed by atoms with Crippen LogP contribution < -0.4 is 0 Å². The molecule has 0 saturated carbocycles. The zero-order chi connectivity index (χ0) is 12.2. The maximum Gasteiger partial charge on any atom is 0.416 e. The van der Waals surface area contributed by atoms with Crippen LogP contribution in [0, 0.1) is 0 Å². The van der Waals surface area contributed by atoms with Gasteiger partial charge >= 0.3 is 6.18 Å². The zero-order valence-electron chi connectivity index (χ0n) is 8.79. The van der Waals surface area contributed by atoms with Gasteiger partial charge in [0.05, 0.1) is 18.3 Å². The van der Waals surface area contributed by atoms with Gasteiger partial charge in [0.25, 0.3) is 0 Å². The van der Waals surface area contributed by atoms with Crippen LogP contribution in [-0.2, 0) is 17.3 Å². The average molecular weight is 234 g/mol. The molecule has 1 unspecified atom stereocenters. The molecule has 16 heavy (non-hydrogen) atoms. The first-order chi connectivity index (χ1) is 7.43. The molecule has 2 nitrogen and oxygen atoms in total. The monoisotopic (exact) mass is 234 g/mol. The van der Waals surface area contributed by atoms with Crippen LogP contribution in [0.2, 0.25) is 0 Å². The molecule has 0 bridgehead atoms. The number of hydrogen-bond acceptors (Lipinski definition) is 2. The Balaban J connectivity index is 2.65. The lowest BCUT2D eigenvalue weighted by atomic mass is 10.1. The first-order valence-corrected chi connectivity index (χ1v) is 4.76. The molecule has 0 aliphatic heterocycles. The summed E-state index contributed by atoms with van der Waals surface area (Å²) in [4.78, 5) is 0. The van der Waals surface area contributed by atoms with Crippen LogP contribution in [0.1, 0.15) is 11.1 Å². The molecule has 0 fully saturated rings. The van der Waals surface area contributed by atoms with Crippen molar-refractivity contribution in [2.75, 3.05) is 13.7 Å². The van der Waals surface area contributed by atoms with E-state index in [-0.39, 0.29) is 13.0 Å². The van der Waals surface area contributed by atoms with E-state index >= 15 is 0 Å². The van der Waals surface area contributed by atoms with Gasteiger partial charge in [-0.3, -0.25) is 0 Å². The van der Waals surface area contributed by atoms with Crippen LogP contribution in [0.25, 0.3) is 0 Å². The van der Waals surface area contributed by atoms with Crippen LogP contribution in [-0.4, -0.2) is 24.9 Å². The molecule has 0 radical (unpaired) electrons. The Morgan fingerprint density at radius 1 is 1.25 bits per heavy atom. The second kappa shape index (κ2) is 5.32. The fourth-order valence-electron chi connectivity index (χ4n) is 1.35. The van der Waals surface area contributed by atoms with Crippen molar-refractivity contribution >= 4 is 0 Å². The van der Waals surface area contributed by atoms with E-state index in [0.29, 0.717) is 5.56 Å². The highest BCUT2D eigenvalue weighted by atomic mass is 19.4. The van der Waals surface area contributed by atoms with E-state index < -0.39 is 17.8 Å². The Morgan fingerprint density at radius 3 is 2.25 bits per heavy atom. The number of methoxy groups -OCH3 is 1. The third-order valence-corrected chi connectivity index (χ3v) is 2.11. The molecular formula is C11H13F3O2. The summed E-state index contributed by atoms with van der Waals surface area (Å²) in [7, 11) is 1.45. The first kappa shape index (κ1) is 13.0. The van der Waals surface area contributed by atoms with Crippen LogP contribution >= 0.6 is 0 Å². The van der Waals surface area contributed by atoms with Gasteiger partial charge in [0, 0.05) is 13.5 Å². The summed E-state index contributed by atoms with van der Waals surface area (Å²) >= 11 is 0. The van der Waals surface area contributed by atoms with Gasteiger partial charge in [-0.25, -0.2) is 0 Å². The Hall–Kier alpha value is -1.07. The van der Waals surface area contributed by atoms with Gasteiger partial charge in [-0.1, -0.05) is 12.1 Å². The standard InChI is InChI=1S/C11H13F3O2/c1-16-7-10(15)6-8-2-4-9(5-3-8)11(12,13)14/h2-5,10,15H,6-7H2,1H3. The van der Waals surface area contributed by atoms with Gasteiger partial charge in [-0.05, 0) is 17.7 Å². The molecule has 1 atom stereocenters. The molecule has 5 heteroatoms. The lowest BCUT2D eigenvalue weighted by molar-refractivity contribution is -0.137. The van der Waals surface area contributed by atoms with E-state index in [1.54, 1.807) is 0 Å². The highest BCUT2D eigenvalue weighted by Gasteiger charge is 2.29. The largest absolute Gasteiger partial charge is 0.416 e. The summed E-state index contributed by atoms with van der Waals surface area (Å²) in [5.41, 5.74) is -0.0324. The number of halogens is 3. The fourth-order valence-corrected chi connectivity index (χ4v) is 1.35. The molecule has 1 N–H and O–H groups in total. The maximum absolute atomic E-state index is 12.2.